The van der Waals surface area contributed by atoms with Crippen LogP contribution in [0.1, 0.15) is 57.1 Å². The average Bonchev–Trinajstić information content (AvgIpc) is 3.14. The highest BCUT2D eigenvalue weighted by atomic mass is 16.5. The second-order valence-electron chi connectivity index (χ2n) is 8.52. The van der Waals surface area contributed by atoms with Crippen LogP contribution in [-0.2, 0) is 14.3 Å². The van der Waals surface area contributed by atoms with Crippen LogP contribution >= 0.6 is 0 Å². The fourth-order valence-corrected chi connectivity index (χ4v) is 4.28. The molecular weight excluding hydrogens is 420 g/mol. The number of carbonyl (C=O) groups excluding carboxylic acids is 2. The largest absolute Gasteiger partial charge is 0.480 e. The third-order valence-corrected chi connectivity index (χ3v) is 6.30. The van der Waals surface area contributed by atoms with Crippen LogP contribution in [-0.4, -0.2) is 41.8 Å². The number of aliphatic carboxylic acids is 1. The Labute approximate surface area is 194 Å². The van der Waals surface area contributed by atoms with Gasteiger partial charge in [-0.25, -0.2) is 9.59 Å². The number of rotatable bonds is 10. The lowest BCUT2D eigenvalue weighted by molar-refractivity contribution is -0.142. The van der Waals surface area contributed by atoms with Crippen molar-refractivity contribution >= 4 is 18.0 Å². The molecule has 3 atom stereocenters. The highest BCUT2D eigenvalue weighted by molar-refractivity contribution is 5.89. The van der Waals surface area contributed by atoms with E-state index in [9.17, 15) is 19.5 Å². The summed E-state index contributed by atoms with van der Waals surface area (Å²) >= 11 is 0. The molecule has 0 heterocycles. The van der Waals surface area contributed by atoms with E-state index >= 15 is 0 Å². The Balaban J connectivity index is 1.68. The first-order valence-corrected chi connectivity index (χ1v) is 11.5. The van der Waals surface area contributed by atoms with Gasteiger partial charge in [-0.3, -0.25) is 4.79 Å². The van der Waals surface area contributed by atoms with Crippen LogP contribution in [0.5, 0.6) is 0 Å². The summed E-state index contributed by atoms with van der Waals surface area (Å²) in [6.45, 7) is 5.74. The van der Waals surface area contributed by atoms with Gasteiger partial charge in [-0.05, 0) is 34.6 Å². The van der Waals surface area contributed by atoms with E-state index in [1.54, 1.807) is 0 Å². The van der Waals surface area contributed by atoms with Gasteiger partial charge in [0.15, 0.2) is 0 Å². The Bertz CT molecular complexity index is 960. The van der Waals surface area contributed by atoms with Crippen molar-refractivity contribution < 1.29 is 24.2 Å². The van der Waals surface area contributed by atoms with Gasteiger partial charge in [0, 0.05) is 5.92 Å². The molecule has 0 bridgehead atoms. The third kappa shape index (κ3) is 5.53. The summed E-state index contributed by atoms with van der Waals surface area (Å²) in [5.41, 5.74) is 4.47. The lowest BCUT2D eigenvalue weighted by Crippen LogP contribution is -2.54. The van der Waals surface area contributed by atoms with E-state index in [2.05, 4.69) is 22.8 Å². The van der Waals surface area contributed by atoms with Crippen LogP contribution in [0.2, 0.25) is 0 Å². The van der Waals surface area contributed by atoms with Crippen molar-refractivity contribution in [2.75, 3.05) is 6.61 Å². The fourth-order valence-electron chi connectivity index (χ4n) is 4.28. The van der Waals surface area contributed by atoms with E-state index in [0.29, 0.717) is 19.3 Å². The van der Waals surface area contributed by atoms with Gasteiger partial charge in [0.05, 0.1) is 0 Å². The first kappa shape index (κ1) is 24.3. The van der Waals surface area contributed by atoms with Gasteiger partial charge >= 0.3 is 12.1 Å². The van der Waals surface area contributed by atoms with Crippen LogP contribution < -0.4 is 10.6 Å². The number of fused-ring (bicyclic) bond motifs is 3. The van der Waals surface area contributed by atoms with Crippen LogP contribution in [0, 0.1) is 5.92 Å². The van der Waals surface area contributed by atoms with Crippen molar-refractivity contribution in [2.45, 2.75) is 58.0 Å². The van der Waals surface area contributed by atoms with Crippen molar-refractivity contribution in [1.29, 1.82) is 0 Å². The maximum atomic E-state index is 12.8. The molecule has 2 amide bonds. The van der Waals surface area contributed by atoms with Gasteiger partial charge < -0.3 is 20.5 Å². The minimum Gasteiger partial charge on any atom is -0.480 e. The number of hydrogen-bond donors (Lipinski definition) is 3. The molecule has 0 aromatic heterocycles. The van der Waals surface area contributed by atoms with E-state index in [4.69, 9.17) is 4.74 Å². The summed E-state index contributed by atoms with van der Waals surface area (Å²) in [5, 5.41) is 14.6. The lowest BCUT2D eigenvalue weighted by atomic mass is 9.97. The normalized spacial score (nSPS) is 15.0. The van der Waals surface area contributed by atoms with Crippen molar-refractivity contribution in [2.24, 2.45) is 5.92 Å². The van der Waals surface area contributed by atoms with Gasteiger partial charge in [-0.2, -0.15) is 0 Å². The molecule has 176 valence electrons. The second kappa shape index (κ2) is 11.0. The van der Waals surface area contributed by atoms with Crippen LogP contribution in [0.25, 0.3) is 11.1 Å². The molecule has 0 aliphatic heterocycles. The predicted molar refractivity (Wildman–Crippen MR) is 126 cm³/mol. The fraction of sp³-hybridized carbons (Fsp3) is 0.423. The van der Waals surface area contributed by atoms with Crippen molar-refractivity contribution in [3.05, 3.63) is 59.7 Å². The number of benzene rings is 2. The van der Waals surface area contributed by atoms with Crippen LogP contribution in [0.3, 0.4) is 0 Å². The topological polar surface area (TPSA) is 105 Å². The molecule has 7 nitrogen and oxygen atoms in total. The minimum atomic E-state index is -1.09. The first-order valence-electron chi connectivity index (χ1n) is 11.5. The highest BCUT2D eigenvalue weighted by Gasteiger charge is 2.32. The molecule has 33 heavy (non-hydrogen) atoms. The molecule has 7 heteroatoms. The molecule has 0 spiro atoms. The molecular formula is C26H32N2O5. The summed E-state index contributed by atoms with van der Waals surface area (Å²) in [4.78, 5) is 36.9. The van der Waals surface area contributed by atoms with Gasteiger partial charge in [0.2, 0.25) is 5.91 Å². The van der Waals surface area contributed by atoms with Crippen molar-refractivity contribution in [3.8, 4) is 11.1 Å². The zero-order valence-electron chi connectivity index (χ0n) is 19.3. The summed E-state index contributed by atoms with van der Waals surface area (Å²) in [6.07, 6.45) is 0.872. The maximum Gasteiger partial charge on any atom is 0.407 e. The summed E-state index contributed by atoms with van der Waals surface area (Å²) < 4.78 is 5.57. The van der Waals surface area contributed by atoms with Crippen molar-refractivity contribution in [1.82, 2.24) is 10.6 Å². The Hall–Kier alpha value is -3.35. The molecule has 1 aliphatic rings. The first-order chi connectivity index (χ1) is 15.9. The van der Waals surface area contributed by atoms with Crippen LogP contribution in [0.15, 0.2) is 48.5 Å². The number of alkyl carbamates (subject to hydrolysis) is 1. The highest BCUT2D eigenvalue weighted by Crippen LogP contribution is 2.44. The molecule has 3 N–H and O–H groups in total. The monoisotopic (exact) mass is 452 g/mol. The number of carbonyl (C=O) groups is 3. The number of amides is 2. The molecule has 2 unspecified atom stereocenters. The SMILES string of the molecule is CCC[C@H](NC(=O)C(NC(=O)OCC1c2ccccc2-c2ccccc21)C(C)CC)C(=O)O. The molecule has 0 saturated carbocycles. The molecule has 2 aromatic rings. The van der Waals surface area contributed by atoms with E-state index in [1.165, 1.54) is 0 Å². The van der Waals surface area contributed by atoms with E-state index < -0.39 is 30.1 Å². The maximum absolute atomic E-state index is 12.8. The molecule has 1 aliphatic carbocycles. The summed E-state index contributed by atoms with van der Waals surface area (Å²) in [5.74, 6) is -1.88. The molecule has 0 radical (unpaired) electrons. The molecule has 3 rings (SSSR count). The number of ether oxygens (including phenoxy) is 1. The quantitative estimate of drug-likeness (QED) is 0.498. The number of nitrogens with one attached hydrogen (secondary N) is 2. The molecule has 2 aromatic carbocycles. The van der Waals surface area contributed by atoms with E-state index in [0.717, 1.165) is 22.3 Å². The Morgan fingerprint density at radius 2 is 1.55 bits per heavy atom. The molecule has 0 fully saturated rings. The Morgan fingerprint density at radius 3 is 2.06 bits per heavy atom. The Kier molecular flexibility index (Phi) is 8.09. The number of carboxylic acid groups (broad SMARTS) is 1. The Morgan fingerprint density at radius 1 is 0.970 bits per heavy atom. The third-order valence-electron chi connectivity index (χ3n) is 6.30. The van der Waals surface area contributed by atoms with Crippen LogP contribution in [0.4, 0.5) is 4.79 Å². The average molecular weight is 453 g/mol. The predicted octanol–water partition coefficient (Wildman–Crippen LogP) is 4.31. The summed E-state index contributed by atoms with van der Waals surface area (Å²) in [6, 6.07) is 14.2. The lowest BCUT2D eigenvalue weighted by Gasteiger charge is -2.25. The van der Waals surface area contributed by atoms with Gasteiger partial charge in [0.25, 0.3) is 0 Å². The van der Waals surface area contributed by atoms with Gasteiger partial charge in [-0.1, -0.05) is 82.1 Å². The standard InChI is InChI=1S/C26H32N2O5/c1-4-10-22(25(30)31)27-24(29)23(16(3)5-2)28-26(32)33-15-21-19-13-8-6-11-17(19)18-12-7-9-14-20(18)21/h6-9,11-14,16,21-23H,4-5,10,15H2,1-3H3,(H,27,29)(H,28,32)(H,30,31)/t16?,22-,23?/m0/s1. The zero-order valence-corrected chi connectivity index (χ0v) is 19.3. The number of carboxylic acids is 1. The zero-order chi connectivity index (χ0) is 24.0. The summed E-state index contributed by atoms with van der Waals surface area (Å²) in [7, 11) is 0. The molecule has 0 saturated heterocycles. The van der Waals surface area contributed by atoms with Gasteiger partial charge in [-0.15, -0.1) is 0 Å². The minimum absolute atomic E-state index is 0.0834. The number of hydrogen-bond acceptors (Lipinski definition) is 4. The van der Waals surface area contributed by atoms with E-state index in [-0.39, 0.29) is 18.4 Å². The smallest absolute Gasteiger partial charge is 0.407 e. The van der Waals surface area contributed by atoms with Gasteiger partial charge in [0.1, 0.15) is 18.7 Å². The van der Waals surface area contributed by atoms with Crippen molar-refractivity contribution in [3.63, 3.8) is 0 Å². The second-order valence-corrected chi connectivity index (χ2v) is 8.52. The van der Waals surface area contributed by atoms with E-state index in [1.807, 2.05) is 57.2 Å².